The Morgan fingerprint density at radius 2 is 1.88 bits per heavy atom. The maximum Gasteiger partial charge on any atom is 0.416 e. The SMILES string of the molecule is Cc1ccc(/N=C2/NC(=O)C(Cc3cccc(C(F)(F)F)c3)S2)cc1. The maximum absolute atomic E-state index is 12.8. The smallest absolute Gasteiger partial charge is 0.304 e. The monoisotopic (exact) mass is 364 g/mol. The van der Waals surface area contributed by atoms with Crippen molar-refractivity contribution in [3.8, 4) is 0 Å². The molecule has 1 fully saturated rings. The van der Waals surface area contributed by atoms with Crippen LogP contribution in [0.3, 0.4) is 0 Å². The average molecular weight is 364 g/mol. The van der Waals surface area contributed by atoms with Gasteiger partial charge in [0.1, 0.15) is 0 Å². The molecule has 1 aliphatic rings. The fraction of sp³-hybridized carbons (Fsp3) is 0.222. The molecule has 1 saturated heterocycles. The number of carbonyl (C=O) groups is 1. The molecule has 1 heterocycles. The minimum Gasteiger partial charge on any atom is -0.304 e. The number of hydrogen-bond acceptors (Lipinski definition) is 3. The summed E-state index contributed by atoms with van der Waals surface area (Å²) in [7, 11) is 0. The van der Waals surface area contributed by atoms with Crippen molar-refractivity contribution in [3.05, 3.63) is 65.2 Å². The van der Waals surface area contributed by atoms with Gasteiger partial charge in [-0.25, -0.2) is 4.99 Å². The third kappa shape index (κ3) is 4.42. The van der Waals surface area contributed by atoms with Crippen molar-refractivity contribution in [2.75, 3.05) is 0 Å². The number of rotatable bonds is 3. The summed E-state index contributed by atoms with van der Waals surface area (Å²) in [5, 5.41) is 2.65. The van der Waals surface area contributed by atoms with Crippen LogP contribution in [0.15, 0.2) is 53.5 Å². The molecule has 1 unspecified atom stereocenters. The van der Waals surface area contributed by atoms with Crippen molar-refractivity contribution in [2.24, 2.45) is 4.99 Å². The largest absolute Gasteiger partial charge is 0.416 e. The van der Waals surface area contributed by atoms with E-state index in [-0.39, 0.29) is 12.3 Å². The van der Waals surface area contributed by atoms with E-state index in [0.29, 0.717) is 16.4 Å². The predicted molar refractivity (Wildman–Crippen MR) is 92.9 cm³/mol. The summed E-state index contributed by atoms with van der Waals surface area (Å²) in [4.78, 5) is 16.4. The van der Waals surface area contributed by atoms with E-state index in [0.717, 1.165) is 17.7 Å². The lowest BCUT2D eigenvalue weighted by atomic mass is 10.1. The van der Waals surface area contributed by atoms with Crippen LogP contribution in [0.25, 0.3) is 0 Å². The van der Waals surface area contributed by atoms with Gasteiger partial charge in [0.15, 0.2) is 5.17 Å². The molecule has 1 atom stereocenters. The molecule has 0 bridgehead atoms. The van der Waals surface area contributed by atoms with Crippen LogP contribution in [0.2, 0.25) is 0 Å². The first-order chi connectivity index (χ1) is 11.8. The number of aryl methyl sites for hydroxylation is 1. The Kier molecular flexibility index (Phi) is 4.85. The topological polar surface area (TPSA) is 41.5 Å². The molecule has 0 radical (unpaired) electrons. The van der Waals surface area contributed by atoms with E-state index in [2.05, 4.69) is 10.3 Å². The number of carbonyl (C=O) groups excluding carboxylic acids is 1. The Balaban J connectivity index is 1.72. The first-order valence-electron chi connectivity index (χ1n) is 7.60. The number of nitrogens with zero attached hydrogens (tertiary/aromatic N) is 1. The zero-order valence-corrected chi connectivity index (χ0v) is 14.1. The molecular formula is C18H15F3N2OS. The first-order valence-corrected chi connectivity index (χ1v) is 8.48. The third-order valence-corrected chi connectivity index (χ3v) is 4.80. The van der Waals surface area contributed by atoms with Crippen LogP contribution < -0.4 is 5.32 Å². The fourth-order valence-electron chi connectivity index (χ4n) is 2.42. The number of amides is 1. The highest BCUT2D eigenvalue weighted by Gasteiger charge is 2.33. The summed E-state index contributed by atoms with van der Waals surface area (Å²) >= 11 is 1.23. The minimum absolute atomic E-state index is 0.216. The van der Waals surface area contributed by atoms with Crippen molar-refractivity contribution >= 4 is 28.5 Å². The second-order valence-corrected chi connectivity index (χ2v) is 6.94. The molecule has 1 N–H and O–H groups in total. The normalized spacial score (nSPS) is 19.3. The Morgan fingerprint density at radius 3 is 2.56 bits per heavy atom. The Hall–Kier alpha value is -2.28. The zero-order chi connectivity index (χ0) is 18.0. The average Bonchev–Trinajstić information content (AvgIpc) is 2.88. The summed E-state index contributed by atoms with van der Waals surface area (Å²) in [5.41, 5.74) is 1.59. The molecule has 25 heavy (non-hydrogen) atoms. The van der Waals surface area contributed by atoms with Crippen molar-refractivity contribution in [2.45, 2.75) is 24.8 Å². The lowest BCUT2D eigenvalue weighted by Gasteiger charge is -2.10. The number of thioether (sulfide) groups is 1. The summed E-state index contributed by atoms with van der Waals surface area (Å²) in [6.07, 6.45) is -4.17. The number of halogens is 3. The Labute approximate surface area is 147 Å². The minimum atomic E-state index is -4.39. The van der Waals surface area contributed by atoms with Gasteiger partial charge >= 0.3 is 6.18 Å². The van der Waals surface area contributed by atoms with Gasteiger partial charge in [-0.05, 0) is 37.1 Å². The molecule has 0 saturated carbocycles. The Morgan fingerprint density at radius 1 is 1.16 bits per heavy atom. The van der Waals surface area contributed by atoms with E-state index >= 15 is 0 Å². The molecule has 3 nitrogen and oxygen atoms in total. The van der Waals surface area contributed by atoms with E-state index in [1.807, 2.05) is 31.2 Å². The van der Waals surface area contributed by atoms with Gasteiger partial charge in [-0.1, -0.05) is 47.7 Å². The molecule has 130 valence electrons. The van der Waals surface area contributed by atoms with Gasteiger partial charge in [-0.3, -0.25) is 4.79 Å². The fourth-order valence-corrected chi connectivity index (χ4v) is 3.45. The number of nitrogens with one attached hydrogen (secondary N) is 1. The van der Waals surface area contributed by atoms with E-state index in [9.17, 15) is 18.0 Å². The van der Waals surface area contributed by atoms with Gasteiger partial charge in [0, 0.05) is 0 Å². The highest BCUT2D eigenvalue weighted by atomic mass is 32.2. The van der Waals surface area contributed by atoms with Crippen LogP contribution in [0, 0.1) is 6.92 Å². The van der Waals surface area contributed by atoms with Crippen LogP contribution >= 0.6 is 11.8 Å². The second-order valence-electron chi connectivity index (χ2n) is 5.75. The van der Waals surface area contributed by atoms with Gasteiger partial charge in [-0.2, -0.15) is 13.2 Å². The number of benzene rings is 2. The number of aliphatic imine (C=N–C) groups is 1. The highest BCUT2D eigenvalue weighted by molar-refractivity contribution is 8.15. The molecule has 0 aromatic heterocycles. The van der Waals surface area contributed by atoms with E-state index < -0.39 is 17.0 Å². The van der Waals surface area contributed by atoms with Crippen molar-refractivity contribution in [1.29, 1.82) is 0 Å². The van der Waals surface area contributed by atoms with Crippen LogP contribution in [0.1, 0.15) is 16.7 Å². The van der Waals surface area contributed by atoms with Gasteiger partial charge < -0.3 is 5.32 Å². The van der Waals surface area contributed by atoms with Crippen LogP contribution in [-0.2, 0) is 17.4 Å². The molecule has 7 heteroatoms. The number of amidine groups is 1. The van der Waals surface area contributed by atoms with Crippen molar-refractivity contribution < 1.29 is 18.0 Å². The lowest BCUT2D eigenvalue weighted by Crippen LogP contribution is -2.26. The molecule has 0 spiro atoms. The first kappa shape index (κ1) is 17.5. The highest BCUT2D eigenvalue weighted by Crippen LogP contribution is 2.31. The summed E-state index contributed by atoms with van der Waals surface area (Å²) in [6.45, 7) is 1.97. The van der Waals surface area contributed by atoms with Gasteiger partial charge in [0.05, 0.1) is 16.5 Å². The van der Waals surface area contributed by atoms with E-state index in [4.69, 9.17) is 0 Å². The molecule has 2 aromatic carbocycles. The van der Waals surface area contributed by atoms with Crippen LogP contribution in [0.5, 0.6) is 0 Å². The lowest BCUT2D eigenvalue weighted by molar-refractivity contribution is -0.137. The van der Waals surface area contributed by atoms with Crippen LogP contribution in [-0.4, -0.2) is 16.3 Å². The summed E-state index contributed by atoms with van der Waals surface area (Å²) < 4.78 is 38.4. The summed E-state index contributed by atoms with van der Waals surface area (Å²) in [5.74, 6) is -0.242. The zero-order valence-electron chi connectivity index (χ0n) is 13.3. The molecule has 0 aliphatic carbocycles. The molecule has 1 aliphatic heterocycles. The van der Waals surface area contributed by atoms with Gasteiger partial charge in [0.2, 0.25) is 5.91 Å². The molecule has 3 rings (SSSR count). The van der Waals surface area contributed by atoms with Crippen molar-refractivity contribution in [3.63, 3.8) is 0 Å². The van der Waals surface area contributed by atoms with Crippen LogP contribution in [0.4, 0.5) is 18.9 Å². The van der Waals surface area contributed by atoms with Gasteiger partial charge in [0.25, 0.3) is 0 Å². The second kappa shape index (κ2) is 6.92. The molecule has 1 amide bonds. The number of hydrogen-bond donors (Lipinski definition) is 1. The van der Waals surface area contributed by atoms with E-state index in [1.165, 1.54) is 17.8 Å². The molecular weight excluding hydrogens is 349 g/mol. The van der Waals surface area contributed by atoms with Gasteiger partial charge in [-0.15, -0.1) is 0 Å². The van der Waals surface area contributed by atoms with Crippen molar-refractivity contribution in [1.82, 2.24) is 5.32 Å². The Bertz CT molecular complexity index is 816. The summed E-state index contributed by atoms with van der Waals surface area (Å²) in [6, 6.07) is 12.6. The third-order valence-electron chi connectivity index (χ3n) is 3.72. The van der Waals surface area contributed by atoms with E-state index in [1.54, 1.807) is 6.07 Å². The predicted octanol–water partition coefficient (Wildman–Crippen LogP) is 4.48. The number of alkyl halides is 3. The quantitative estimate of drug-likeness (QED) is 0.873. The standard InChI is InChI=1S/C18H15F3N2OS/c1-11-5-7-14(8-6-11)22-17-23-16(24)15(25-17)10-12-3-2-4-13(9-12)18(19,20)21/h2-9,15H,10H2,1H3,(H,22,23,24). The maximum atomic E-state index is 12.8. The molecule has 2 aromatic rings.